The molecule has 0 fully saturated rings. The molecular weight excluding hydrogens is 190 g/mol. The lowest BCUT2D eigenvalue weighted by atomic mass is 10.1. The highest BCUT2D eigenvalue weighted by Gasteiger charge is 2.04. The van der Waals surface area contributed by atoms with Crippen LogP contribution in [-0.4, -0.2) is 10.4 Å². The van der Waals surface area contributed by atoms with E-state index in [0.29, 0.717) is 10.9 Å². The molecule has 76 valence electrons. The zero-order valence-corrected chi connectivity index (χ0v) is 8.65. The van der Waals surface area contributed by atoms with Crippen molar-refractivity contribution in [3.63, 3.8) is 0 Å². The maximum Gasteiger partial charge on any atom is 0.189 e. The first-order valence-electron chi connectivity index (χ1n) is 4.70. The number of rotatable bonds is 1. The number of aryl methyl sites for hydroxylation is 1. The number of hydrogen-bond donors (Lipinski definition) is 0. The van der Waals surface area contributed by atoms with Gasteiger partial charge in [-0.05, 0) is 25.1 Å². The van der Waals surface area contributed by atoms with Gasteiger partial charge in [0.15, 0.2) is 11.2 Å². The Morgan fingerprint density at radius 1 is 1.27 bits per heavy atom. The smallest absolute Gasteiger partial charge is 0.189 e. The predicted molar refractivity (Wildman–Crippen MR) is 59.2 cm³/mol. The van der Waals surface area contributed by atoms with E-state index in [0.717, 1.165) is 5.52 Å². The van der Waals surface area contributed by atoms with Crippen molar-refractivity contribution < 1.29 is 4.79 Å². The van der Waals surface area contributed by atoms with E-state index in [1.165, 1.54) is 13.0 Å². The lowest BCUT2D eigenvalue weighted by Gasteiger charge is -2.05. The van der Waals surface area contributed by atoms with Crippen molar-refractivity contribution in [2.45, 2.75) is 6.92 Å². The second-order valence-corrected chi connectivity index (χ2v) is 3.58. The Balaban J connectivity index is 2.87. The van der Waals surface area contributed by atoms with Crippen molar-refractivity contribution in [3.05, 3.63) is 46.2 Å². The minimum Gasteiger partial charge on any atom is -0.350 e. The number of ketones is 1. The van der Waals surface area contributed by atoms with E-state index in [9.17, 15) is 9.59 Å². The number of carbonyl (C=O) groups is 1. The summed E-state index contributed by atoms with van der Waals surface area (Å²) in [4.78, 5) is 22.8. The molecule has 0 amide bonds. The second kappa shape index (κ2) is 3.35. The van der Waals surface area contributed by atoms with E-state index in [1.54, 1.807) is 24.4 Å². The maximum absolute atomic E-state index is 11.6. The molecule has 0 radical (unpaired) electrons. The van der Waals surface area contributed by atoms with Crippen LogP contribution in [0.2, 0.25) is 0 Å². The first-order valence-corrected chi connectivity index (χ1v) is 4.70. The van der Waals surface area contributed by atoms with Crippen LogP contribution in [-0.2, 0) is 7.05 Å². The van der Waals surface area contributed by atoms with Crippen LogP contribution in [0.4, 0.5) is 0 Å². The van der Waals surface area contributed by atoms with Crippen molar-refractivity contribution in [3.8, 4) is 0 Å². The van der Waals surface area contributed by atoms with Crippen LogP contribution < -0.4 is 5.43 Å². The van der Waals surface area contributed by atoms with Crippen LogP contribution >= 0.6 is 0 Å². The van der Waals surface area contributed by atoms with Gasteiger partial charge in [0.05, 0.1) is 5.52 Å². The largest absolute Gasteiger partial charge is 0.350 e. The molecule has 0 spiro atoms. The molecule has 0 saturated carbocycles. The highest BCUT2D eigenvalue weighted by Crippen LogP contribution is 2.12. The number of hydrogen-bond acceptors (Lipinski definition) is 2. The summed E-state index contributed by atoms with van der Waals surface area (Å²) < 4.78 is 1.86. The molecule has 2 rings (SSSR count). The number of benzene rings is 1. The van der Waals surface area contributed by atoms with E-state index in [2.05, 4.69) is 0 Å². The van der Waals surface area contributed by atoms with Gasteiger partial charge in [0.25, 0.3) is 0 Å². The molecule has 0 saturated heterocycles. The average molecular weight is 201 g/mol. The van der Waals surface area contributed by atoms with Crippen LogP contribution in [0.5, 0.6) is 0 Å². The van der Waals surface area contributed by atoms with Crippen molar-refractivity contribution >= 4 is 16.7 Å². The molecular formula is C12H11NO2. The first kappa shape index (κ1) is 9.65. The van der Waals surface area contributed by atoms with Gasteiger partial charge in [-0.1, -0.05) is 0 Å². The minimum atomic E-state index is -0.0498. The molecule has 2 aromatic rings. The molecule has 3 nitrogen and oxygen atoms in total. The van der Waals surface area contributed by atoms with Crippen LogP contribution in [0.1, 0.15) is 17.3 Å². The Morgan fingerprint density at radius 2 is 2.00 bits per heavy atom. The quantitative estimate of drug-likeness (QED) is 0.659. The highest BCUT2D eigenvalue weighted by molar-refractivity contribution is 5.97. The molecule has 0 aliphatic heterocycles. The molecule has 0 aliphatic carbocycles. The van der Waals surface area contributed by atoms with Gasteiger partial charge in [-0.25, -0.2) is 0 Å². The Labute approximate surface area is 87.0 Å². The zero-order chi connectivity index (χ0) is 11.0. The predicted octanol–water partition coefficient (Wildman–Crippen LogP) is 1.74. The summed E-state index contributed by atoms with van der Waals surface area (Å²) in [6.07, 6.45) is 1.72. The van der Waals surface area contributed by atoms with Crippen molar-refractivity contribution in [1.82, 2.24) is 4.57 Å². The summed E-state index contributed by atoms with van der Waals surface area (Å²) in [6.45, 7) is 1.49. The summed E-state index contributed by atoms with van der Waals surface area (Å²) in [5.74, 6) is -0.0252. The standard InChI is InChI=1S/C12H11NO2/c1-8(14)9-3-4-11-10(7-9)12(15)5-6-13(11)2/h3-7H,1-2H3. The van der Waals surface area contributed by atoms with E-state index < -0.39 is 0 Å². The van der Waals surface area contributed by atoms with Crippen LogP contribution in [0.15, 0.2) is 35.3 Å². The molecule has 15 heavy (non-hydrogen) atoms. The monoisotopic (exact) mass is 201 g/mol. The van der Waals surface area contributed by atoms with Gasteiger partial charge >= 0.3 is 0 Å². The number of pyridine rings is 1. The summed E-state index contributed by atoms with van der Waals surface area (Å²) in [6, 6.07) is 6.70. The lowest BCUT2D eigenvalue weighted by molar-refractivity contribution is 0.101. The number of Topliss-reactive ketones (excluding diaryl/α,β-unsaturated/α-hetero) is 1. The number of nitrogens with zero attached hydrogens (tertiary/aromatic N) is 1. The molecule has 0 bridgehead atoms. The number of carbonyl (C=O) groups excluding carboxylic acids is 1. The summed E-state index contributed by atoms with van der Waals surface area (Å²) >= 11 is 0. The Kier molecular flexibility index (Phi) is 2.15. The Bertz CT molecular complexity index is 596. The molecule has 1 aromatic heterocycles. The van der Waals surface area contributed by atoms with Gasteiger partial charge in [0.1, 0.15) is 0 Å². The Hall–Kier alpha value is -1.90. The molecule has 1 aromatic carbocycles. The van der Waals surface area contributed by atoms with Gasteiger partial charge in [0.2, 0.25) is 0 Å². The second-order valence-electron chi connectivity index (χ2n) is 3.58. The normalized spacial score (nSPS) is 10.5. The molecule has 0 atom stereocenters. The number of fused-ring (bicyclic) bond motifs is 1. The minimum absolute atomic E-state index is 0.0252. The summed E-state index contributed by atoms with van der Waals surface area (Å²) in [5.41, 5.74) is 1.37. The third-order valence-electron chi connectivity index (χ3n) is 2.50. The fourth-order valence-electron chi connectivity index (χ4n) is 1.61. The van der Waals surface area contributed by atoms with Crippen LogP contribution in [0.3, 0.4) is 0 Å². The van der Waals surface area contributed by atoms with Gasteiger partial charge in [-0.2, -0.15) is 0 Å². The molecule has 3 heteroatoms. The third kappa shape index (κ3) is 1.56. The van der Waals surface area contributed by atoms with Crippen LogP contribution in [0.25, 0.3) is 10.9 Å². The topological polar surface area (TPSA) is 39.1 Å². The Morgan fingerprint density at radius 3 is 2.67 bits per heavy atom. The lowest BCUT2D eigenvalue weighted by Crippen LogP contribution is -2.06. The molecule has 0 aliphatic rings. The molecule has 0 unspecified atom stereocenters. The summed E-state index contributed by atoms with van der Waals surface area (Å²) in [7, 11) is 1.87. The van der Waals surface area contributed by atoms with Gasteiger partial charge < -0.3 is 4.57 Å². The van der Waals surface area contributed by atoms with Crippen LogP contribution in [0, 0.1) is 0 Å². The highest BCUT2D eigenvalue weighted by atomic mass is 16.1. The van der Waals surface area contributed by atoms with Crippen molar-refractivity contribution in [1.29, 1.82) is 0 Å². The molecule has 1 heterocycles. The maximum atomic E-state index is 11.6. The molecule has 0 N–H and O–H groups in total. The SMILES string of the molecule is CC(=O)c1ccc2c(c1)c(=O)ccn2C. The van der Waals surface area contributed by atoms with Crippen molar-refractivity contribution in [2.24, 2.45) is 7.05 Å². The van der Waals surface area contributed by atoms with Gasteiger partial charge in [-0.3, -0.25) is 9.59 Å². The zero-order valence-electron chi connectivity index (χ0n) is 8.65. The van der Waals surface area contributed by atoms with Gasteiger partial charge in [-0.15, -0.1) is 0 Å². The third-order valence-corrected chi connectivity index (χ3v) is 2.50. The average Bonchev–Trinajstić information content (AvgIpc) is 2.23. The van der Waals surface area contributed by atoms with Crippen molar-refractivity contribution in [2.75, 3.05) is 0 Å². The fourth-order valence-corrected chi connectivity index (χ4v) is 1.61. The fraction of sp³-hybridized carbons (Fsp3) is 0.167. The van der Waals surface area contributed by atoms with Gasteiger partial charge in [0, 0.05) is 30.3 Å². The van der Waals surface area contributed by atoms with E-state index in [-0.39, 0.29) is 11.2 Å². The van der Waals surface area contributed by atoms with E-state index in [1.807, 2.05) is 11.6 Å². The first-order chi connectivity index (χ1) is 7.09. The summed E-state index contributed by atoms with van der Waals surface area (Å²) in [5, 5.41) is 0.590. The van der Waals surface area contributed by atoms with E-state index in [4.69, 9.17) is 0 Å². The number of aromatic nitrogens is 1. The van der Waals surface area contributed by atoms with E-state index >= 15 is 0 Å².